The lowest BCUT2D eigenvalue weighted by Crippen LogP contribution is -2.05. The van der Waals surface area contributed by atoms with Crippen LogP contribution in [0.15, 0.2) is 30.5 Å². The smallest absolute Gasteiger partial charge is 0.0817 e. The minimum atomic E-state index is 0.108. The van der Waals surface area contributed by atoms with Crippen molar-refractivity contribution in [3.8, 4) is 11.3 Å². The Kier molecular flexibility index (Phi) is 3.60. The predicted molar refractivity (Wildman–Crippen MR) is 72.2 cm³/mol. The highest BCUT2D eigenvalue weighted by Gasteiger charge is 2.10. The van der Waals surface area contributed by atoms with Gasteiger partial charge in [0.2, 0.25) is 0 Å². The predicted octanol–water partition coefficient (Wildman–Crippen LogP) is 2.46. The molecule has 0 fully saturated rings. The van der Waals surface area contributed by atoms with Gasteiger partial charge in [-0.25, -0.2) is 0 Å². The Morgan fingerprint density at radius 2 is 2.25 bits per heavy atom. The standard InChI is InChI=1S/C12H13IN2O/c1-9-3-2-4-10(7-9)12-11(13)8-14-15(12)5-6-16/h2-4,7-8,16H,5-6H2,1H3. The molecule has 1 N–H and O–H groups in total. The van der Waals surface area contributed by atoms with Gasteiger partial charge in [-0.1, -0.05) is 23.8 Å². The number of rotatable bonds is 3. The SMILES string of the molecule is Cc1cccc(-c2c(I)cnn2CCO)c1. The van der Waals surface area contributed by atoms with Crippen LogP contribution < -0.4 is 0 Å². The summed E-state index contributed by atoms with van der Waals surface area (Å²) in [6.45, 7) is 2.71. The summed E-state index contributed by atoms with van der Waals surface area (Å²) in [4.78, 5) is 0. The fraction of sp³-hybridized carbons (Fsp3) is 0.250. The van der Waals surface area contributed by atoms with Crippen LogP contribution in [0.25, 0.3) is 11.3 Å². The number of halogens is 1. The van der Waals surface area contributed by atoms with E-state index < -0.39 is 0 Å². The maximum atomic E-state index is 8.99. The van der Waals surface area contributed by atoms with Gasteiger partial charge in [-0.05, 0) is 35.6 Å². The van der Waals surface area contributed by atoms with E-state index in [2.05, 4.69) is 52.8 Å². The molecular formula is C12H13IN2O. The molecule has 1 aromatic carbocycles. The van der Waals surface area contributed by atoms with Crippen molar-refractivity contribution in [1.82, 2.24) is 9.78 Å². The highest BCUT2D eigenvalue weighted by Crippen LogP contribution is 2.25. The van der Waals surface area contributed by atoms with Gasteiger partial charge in [-0.2, -0.15) is 5.10 Å². The summed E-state index contributed by atoms with van der Waals surface area (Å²) >= 11 is 2.27. The van der Waals surface area contributed by atoms with Gasteiger partial charge in [0.25, 0.3) is 0 Å². The Balaban J connectivity index is 2.50. The second-order valence-electron chi connectivity index (χ2n) is 3.66. The lowest BCUT2D eigenvalue weighted by Gasteiger charge is -2.07. The first-order valence-corrected chi connectivity index (χ1v) is 6.19. The third-order valence-corrected chi connectivity index (χ3v) is 3.19. The molecule has 84 valence electrons. The van der Waals surface area contributed by atoms with E-state index in [-0.39, 0.29) is 6.61 Å². The highest BCUT2D eigenvalue weighted by atomic mass is 127. The third-order valence-electron chi connectivity index (χ3n) is 2.40. The second kappa shape index (κ2) is 4.97. The summed E-state index contributed by atoms with van der Waals surface area (Å²) in [5.74, 6) is 0. The van der Waals surface area contributed by atoms with Crippen LogP contribution in [0.5, 0.6) is 0 Å². The highest BCUT2D eigenvalue weighted by molar-refractivity contribution is 14.1. The number of hydrogen-bond donors (Lipinski definition) is 1. The Morgan fingerprint density at radius 1 is 1.44 bits per heavy atom. The van der Waals surface area contributed by atoms with E-state index in [0.717, 1.165) is 14.8 Å². The van der Waals surface area contributed by atoms with Gasteiger partial charge in [-0.15, -0.1) is 0 Å². The lowest BCUT2D eigenvalue weighted by molar-refractivity contribution is 0.270. The molecule has 4 heteroatoms. The molecule has 1 heterocycles. The van der Waals surface area contributed by atoms with Crippen molar-refractivity contribution in [1.29, 1.82) is 0 Å². The van der Waals surface area contributed by atoms with Crippen molar-refractivity contribution in [3.05, 3.63) is 39.6 Å². The van der Waals surface area contributed by atoms with Crippen LogP contribution >= 0.6 is 22.6 Å². The third kappa shape index (κ3) is 2.27. The van der Waals surface area contributed by atoms with Gasteiger partial charge in [0.15, 0.2) is 0 Å². The first-order valence-electron chi connectivity index (χ1n) is 5.11. The largest absolute Gasteiger partial charge is 0.394 e. The molecule has 1 aromatic heterocycles. The number of aliphatic hydroxyl groups is 1. The number of aliphatic hydroxyl groups excluding tert-OH is 1. The Morgan fingerprint density at radius 3 is 2.94 bits per heavy atom. The van der Waals surface area contributed by atoms with Crippen molar-refractivity contribution in [2.24, 2.45) is 0 Å². The molecule has 0 unspecified atom stereocenters. The quantitative estimate of drug-likeness (QED) is 0.879. The second-order valence-corrected chi connectivity index (χ2v) is 4.82. The van der Waals surface area contributed by atoms with Gasteiger partial charge in [-0.3, -0.25) is 4.68 Å². The molecule has 0 aliphatic rings. The van der Waals surface area contributed by atoms with E-state index >= 15 is 0 Å². The summed E-state index contributed by atoms with van der Waals surface area (Å²) in [6, 6.07) is 8.31. The molecule has 0 atom stereocenters. The molecule has 0 saturated carbocycles. The minimum Gasteiger partial charge on any atom is -0.394 e. The van der Waals surface area contributed by atoms with E-state index in [1.165, 1.54) is 5.56 Å². The summed E-state index contributed by atoms with van der Waals surface area (Å²) in [5.41, 5.74) is 3.46. The number of benzene rings is 1. The number of aromatic nitrogens is 2. The molecular weight excluding hydrogens is 315 g/mol. The zero-order chi connectivity index (χ0) is 11.5. The van der Waals surface area contributed by atoms with Gasteiger partial charge >= 0.3 is 0 Å². The summed E-state index contributed by atoms with van der Waals surface area (Å²) < 4.78 is 2.95. The zero-order valence-corrected chi connectivity index (χ0v) is 11.2. The molecule has 16 heavy (non-hydrogen) atoms. The summed E-state index contributed by atoms with van der Waals surface area (Å²) in [6.07, 6.45) is 1.83. The van der Waals surface area contributed by atoms with Crippen molar-refractivity contribution < 1.29 is 5.11 Å². The van der Waals surface area contributed by atoms with Crippen LogP contribution in [0.1, 0.15) is 5.56 Å². The van der Waals surface area contributed by atoms with Crippen molar-refractivity contribution >= 4 is 22.6 Å². The van der Waals surface area contributed by atoms with E-state index in [0.29, 0.717) is 6.54 Å². The van der Waals surface area contributed by atoms with Crippen LogP contribution in [0, 0.1) is 10.5 Å². The zero-order valence-electron chi connectivity index (χ0n) is 9.02. The number of nitrogens with zero attached hydrogens (tertiary/aromatic N) is 2. The molecule has 2 aromatic rings. The average molecular weight is 328 g/mol. The summed E-state index contributed by atoms with van der Waals surface area (Å²) in [5, 5.41) is 13.3. The Labute approximate surface area is 108 Å². The molecule has 0 spiro atoms. The lowest BCUT2D eigenvalue weighted by atomic mass is 10.1. The van der Waals surface area contributed by atoms with Crippen LogP contribution in [-0.2, 0) is 6.54 Å². The van der Waals surface area contributed by atoms with Crippen molar-refractivity contribution in [2.45, 2.75) is 13.5 Å². The average Bonchev–Trinajstić information content (AvgIpc) is 2.60. The maximum Gasteiger partial charge on any atom is 0.0817 e. The van der Waals surface area contributed by atoms with Gasteiger partial charge in [0, 0.05) is 5.56 Å². The van der Waals surface area contributed by atoms with E-state index in [1.54, 1.807) is 0 Å². The maximum absolute atomic E-state index is 8.99. The van der Waals surface area contributed by atoms with Crippen molar-refractivity contribution in [3.63, 3.8) is 0 Å². The Hall–Kier alpha value is -0.880. The van der Waals surface area contributed by atoms with E-state index in [4.69, 9.17) is 5.11 Å². The first-order chi connectivity index (χ1) is 7.72. The monoisotopic (exact) mass is 328 g/mol. The number of aryl methyl sites for hydroxylation is 1. The van der Waals surface area contributed by atoms with Crippen LogP contribution in [-0.4, -0.2) is 21.5 Å². The van der Waals surface area contributed by atoms with Crippen molar-refractivity contribution in [2.75, 3.05) is 6.61 Å². The van der Waals surface area contributed by atoms with Gasteiger partial charge < -0.3 is 5.11 Å². The van der Waals surface area contributed by atoms with Gasteiger partial charge in [0.05, 0.1) is 28.6 Å². The molecule has 0 aliphatic carbocycles. The van der Waals surface area contributed by atoms with E-state index in [1.807, 2.05) is 16.9 Å². The van der Waals surface area contributed by atoms with Crippen LogP contribution in [0.3, 0.4) is 0 Å². The molecule has 0 radical (unpaired) electrons. The number of hydrogen-bond acceptors (Lipinski definition) is 2. The molecule has 0 amide bonds. The van der Waals surface area contributed by atoms with Crippen LogP contribution in [0.2, 0.25) is 0 Å². The molecule has 2 rings (SSSR count). The first kappa shape index (κ1) is 11.6. The topological polar surface area (TPSA) is 38.0 Å². The van der Waals surface area contributed by atoms with E-state index in [9.17, 15) is 0 Å². The molecule has 0 bridgehead atoms. The molecule has 3 nitrogen and oxygen atoms in total. The normalized spacial score (nSPS) is 10.7. The fourth-order valence-electron chi connectivity index (χ4n) is 1.71. The Bertz CT molecular complexity index is 494. The fourth-order valence-corrected chi connectivity index (χ4v) is 2.42. The molecule has 0 aliphatic heterocycles. The summed E-state index contributed by atoms with van der Waals surface area (Å²) in [7, 11) is 0. The molecule has 0 saturated heterocycles. The minimum absolute atomic E-state index is 0.108. The van der Waals surface area contributed by atoms with Crippen LogP contribution in [0.4, 0.5) is 0 Å². The van der Waals surface area contributed by atoms with Gasteiger partial charge in [0.1, 0.15) is 0 Å².